The van der Waals surface area contributed by atoms with Gasteiger partial charge in [-0.1, -0.05) is 30.3 Å². The quantitative estimate of drug-likeness (QED) is 0.632. The van der Waals surface area contributed by atoms with Crippen LogP contribution in [0.15, 0.2) is 48.5 Å². The van der Waals surface area contributed by atoms with Crippen molar-refractivity contribution < 1.29 is 0 Å². The lowest BCUT2D eigenvalue weighted by molar-refractivity contribution is 1.58. The van der Waals surface area contributed by atoms with Crippen LogP contribution < -0.4 is 5.73 Å². The van der Waals surface area contributed by atoms with Gasteiger partial charge in [-0.2, -0.15) is 0 Å². The van der Waals surface area contributed by atoms with Crippen molar-refractivity contribution in [1.82, 2.24) is 0 Å². The summed E-state index contributed by atoms with van der Waals surface area (Å²) in [6.45, 7) is 0. The van der Waals surface area contributed by atoms with Crippen LogP contribution in [-0.2, 0) is 0 Å². The number of halogens is 1. The largest absolute Gasteiger partial charge is 0.399 e. The summed E-state index contributed by atoms with van der Waals surface area (Å²) in [5.41, 5.74) is 8.96. The van der Waals surface area contributed by atoms with E-state index in [2.05, 4.69) is 40.8 Å². The first kappa shape index (κ1) is 9.52. The van der Waals surface area contributed by atoms with Crippen LogP contribution >= 0.6 is 22.6 Å². The second kappa shape index (κ2) is 4.00. The second-order valence-electron chi connectivity index (χ2n) is 3.11. The number of hydrogen-bond acceptors (Lipinski definition) is 1. The fraction of sp³-hybridized carbons (Fsp3) is 0. The summed E-state index contributed by atoms with van der Waals surface area (Å²) < 4.78 is 1.25. The maximum Gasteiger partial charge on any atom is 0.0320 e. The average molecular weight is 295 g/mol. The van der Waals surface area contributed by atoms with Crippen LogP contribution in [0.4, 0.5) is 5.69 Å². The lowest BCUT2D eigenvalue weighted by atomic mass is 10.1. The van der Waals surface area contributed by atoms with Crippen LogP contribution in [0.25, 0.3) is 11.1 Å². The van der Waals surface area contributed by atoms with Crippen molar-refractivity contribution in [3.05, 3.63) is 52.1 Å². The lowest BCUT2D eigenvalue weighted by Gasteiger charge is -2.04. The summed E-state index contributed by atoms with van der Waals surface area (Å²) in [6.07, 6.45) is 0. The number of nitrogen functional groups attached to an aromatic ring is 1. The molecule has 2 N–H and O–H groups in total. The molecule has 2 heteroatoms. The zero-order valence-corrected chi connectivity index (χ0v) is 9.73. The fourth-order valence-corrected chi connectivity index (χ4v) is 2.10. The van der Waals surface area contributed by atoms with E-state index in [0.29, 0.717) is 0 Å². The van der Waals surface area contributed by atoms with E-state index < -0.39 is 0 Å². The maximum atomic E-state index is 5.74. The molecule has 0 amide bonds. The molecule has 0 aromatic heterocycles. The van der Waals surface area contributed by atoms with Gasteiger partial charge in [0.25, 0.3) is 0 Å². The van der Waals surface area contributed by atoms with E-state index in [1.165, 1.54) is 14.7 Å². The summed E-state index contributed by atoms with van der Waals surface area (Å²) in [7, 11) is 0. The van der Waals surface area contributed by atoms with Gasteiger partial charge in [0.15, 0.2) is 0 Å². The molecule has 0 saturated carbocycles. The molecule has 0 heterocycles. The molecule has 2 aromatic carbocycles. The minimum atomic E-state index is 0.808. The minimum Gasteiger partial charge on any atom is -0.399 e. The van der Waals surface area contributed by atoms with Gasteiger partial charge in [0.05, 0.1) is 0 Å². The average Bonchev–Trinajstić information content (AvgIpc) is 2.18. The third-order valence-electron chi connectivity index (χ3n) is 2.07. The molecule has 0 bridgehead atoms. The molecule has 0 aliphatic carbocycles. The highest BCUT2D eigenvalue weighted by Crippen LogP contribution is 2.25. The van der Waals surface area contributed by atoms with Crippen LogP contribution in [0.3, 0.4) is 0 Å². The molecule has 0 atom stereocenters. The molecule has 1 nitrogen and oxygen atoms in total. The van der Waals surface area contributed by atoms with Crippen LogP contribution in [0, 0.1) is 3.57 Å². The van der Waals surface area contributed by atoms with Crippen molar-refractivity contribution >= 4 is 28.3 Å². The number of benzene rings is 2. The van der Waals surface area contributed by atoms with Gasteiger partial charge in [0, 0.05) is 9.26 Å². The van der Waals surface area contributed by atoms with Gasteiger partial charge >= 0.3 is 0 Å². The molecule has 0 aliphatic rings. The van der Waals surface area contributed by atoms with Gasteiger partial charge in [-0.15, -0.1) is 0 Å². The molecule has 2 rings (SSSR count). The zero-order chi connectivity index (χ0) is 9.97. The Morgan fingerprint density at radius 3 is 2.43 bits per heavy atom. The lowest BCUT2D eigenvalue weighted by Crippen LogP contribution is -1.86. The van der Waals surface area contributed by atoms with Gasteiger partial charge < -0.3 is 5.73 Å². The van der Waals surface area contributed by atoms with Gasteiger partial charge in [0.1, 0.15) is 0 Å². The second-order valence-corrected chi connectivity index (χ2v) is 4.27. The van der Waals surface area contributed by atoms with Crippen molar-refractivity contribution in [3.8, 4) is 11.1 Å². The summed E-state index contributed by atoms with van der Waals surface area (Å²) in [4.78, 5) is 0. The first-order valence-corrected chi connectivity index (χ1v) is 5.46. The smallest absolute Gasteiger partial charge is 0.0320 e. The normalized spacial score (nSPS) is 10.1. The topological polar surface area (TPSA) is 26.0 Å². The Bertz CT molecular complexity index is 452. The molecule has 0 radical (unpaired) electrons. The Hall–Kier alpha value is -1.03. The molecule has 0 spiro atoms. The Morgan fingerprint density at radius 1 is 0.929 bits per heavy atom. The van der Waals surface area contributed by atoms with Gasteiger partial charge in [-0.3, -0.25) is 0 Å². The minimum absolute atomic E-state index is 0.808. The fourth-order valence-electron chi connectivity index (χ4n) is 1.40. The monoisotopic (exact) mass is 295 g/mol. The summed E-state index contributed by atoms with van der Waals surface area (Å²) in [5, 5.41) is 0. The highest BCUT2D eigenvalue weighted by atomic mass is 127. The highest BCUT2D eigenvalue weighted by molar-refractivity contribution is 14.1. The first-order chi connectivity index (χ1) is 6.77. The van der Waals surface area contributed by atoms with Crippen LogP contribution in [-0.4, -0.2) is 0 Å². The van der Waals surface area contributed by atoms with Crippen molar-refractivity contribution in [2.45, 2.75) is 0 Å². The summed E-state index contributed by atoms with van der Waals surface area (Å²) >= 11 is 2.33. The molecule has 70 valence electrons. The van der Waals surface area contributed by atoms with E-state index in [9.17, 15) is 0 Å². The Balaban J connectivity index is 2.55. The van der Waals surface area contributed by atoms with Crippen molar-refractivity contribution in [2.75, 3.05) is 5.73 Å². The number of anilines is 1. The van der Waals surface area contributed by atoms with E-state index >= 15 is 0 Å². The van der Waals surface area contributed by atoms with Gasteiger partial charge in [-0.25, -0.2) is 0 Å². The molecular formula is C12H10IN. The molecule has 0 unspecified atom stereocenters. The standard InChI is InChI=1S/C12H10IN/c13-12-7-2-1-6-11(12)9-4-3-5-10(14)8-9/h1-8H,14H2. The van der Waals surface area contributed by atoms with Gasteiger partial charge in [-0.05, 0) is 51.9 Å². The summed E-state index contributed by atoms with van der Waals surface area (Å²) in [5.74, 6) is 0. The molecular weight excluding hydrogens is 285 g/mol. The van der Waals surface area contributed by atoms with Crippen molar-refractivity contribution in [1.29, 1.82) is 0 Å². The number of rotatable bonds is 1. The van der Waals surface area contributed by atoms with Crippen molar-refractivity contribution in [3.63, 3.8) is 0 Å². The van der Waals surface area contributed by atoms with E-state index in [4.69, 9.17) is 5.73 Å². The first-order valence-electron chi connectivity index (χ1n) is 4.38. The van der Waals surface area contributed by atoms with Crippen molar-refractivity contribution in [2.24, 2.45) is 0 Å². The number of hydrogen-bond donors (Lipinski definition) is 1. The Morgan fingerprint density at radius 2 is 1.71 bits per heavy atom. The highest BCUT2D eigenvalue weighted by Gasteiger charge is 2.00. The SMILES string of the molecule is Nc1cccc(-c2ccccc2I)c1. The van der Waals surface area contributed by atoms with E-state index in [-0.39, 0.29) is 0 Å². The zero-order valence-electron chi connectivity index (χ0n) is 7.57. The predicted molar refractivity (Wildman–Crippen MR) is 69.0 cm³/mol. The molecule has 2 aromatic rings. The third kappa shape index (κ3) is 1.90. The predicted octanol–water partition coefficient (Wildman–Crippen LogP) is 3.54. The van der Waals surface area contributed by atoms with E-state index in [0.717, 1.165) is 5.69 Å². The van der Waals surface area contributed by atoms with E-state index in [1.807, 2.05) is 30.3 Å². The molecule has 0 aliphatic heterocycles. The van der Waals surface area contributed by atoms with Crippen LogP contribution in [0.5, 0.6) is 0 Å². The molecule has 0 fully saturated rings. The van der Waals surface area contributed by atoms with E-state index in [1.54, 1.807) is 0 Å². The van der Waals surface area contributed by atoms with Crippen LogP contribution in [0.2, 0.25) is 0 Å². The maximum absolute atomic E-state index is 5.74. The van der Waals surface area contributed by atoms with Gasteiger partial charge in [0.2, 0.25) is 0 Å². The Labute approximate surface area is 97.1 Å². The number of nitrogens with two attached hydrogens (primary N) is 1. The summed E-state index contributed by atoms with van der Waals surface area (Å²) in [6, 6.07) is 16.2. The molecule has 14 heavy (non-hydrogen) atoms. The molecule has 0 saturated heterocycles. The Kier molecular flexibility index (Phi) is 2.72. The van der Waals surface area contributed by atoms with Crippen LogP contribution in [0.1, 0.15) is 0 Å². The third-order valence-corrected chi connectivity index (χ3v) is 3.01.